The Morgan fingerprint density at radius 2 is 1.41 bits per heavy atom. The summed E-state index contributed by atoms with van der Waals surface area (Å²) in [5, 5.41) is 0. The van der Waals surface area contributed by atoms with Gasteiger partial charge in [-0.15, -0.1) is 0 Å². The Bertz CT molecular complexity index is 619. The van der Waals surface area contributed by atoms with Crippen molar-refractivity contribution >= 4 is 5.97 Å². The van der Waals surface area contributed by atoms with Gasteiger partial charge in [0.2, 0.25) is 0 Å². The summed E-state index contributed by atoms with van der Waals surface area (Å²) in [6.07, 6.45) is 0. The monoisotopic (exact) mass is 298 g/mol. The van der Waals surface area contributed by atoms with Crippen molar-refractivity contribution in [1.29, 1.82) is 0 Å². The summed E-state index contributed by atoms with van der Waals surface area (Å²) in [7, 11) is 0. The molecule has 0 aliphatic heterocycles. The molecule has 3 nitrogen and oxygen atoms in total. The number of ether oxygens (including phenoxy) is 2. The highest BCUT2D eigenvalue weighted by molar-refractivity contribution is 5.90. The molecule has 0 N–H and O–H groups in total. The molecule has 0 saturated carbocycles. The maximum Gasteiger partial charge on any atom is 0.338 e. The minimum atomic E-state index is -0.289. The second-order valence-electron chi connectivity index (χ2n) is 6.04. The van der Waals surface area contributed by atoms with Gasteiger partial charge in [0.25, 0.3) is 0 Å². The van der Waals surface area contributed by atoms with Crippen LogP contribution in [0.2, 0.25) is 0 Å². The van der Waals surface area contributed by atoms with Gasteiger partial charge in [-0.1, -0.05) is 24.3 Å². The first-order valence-corrected chi connectivity index (χ1v) is 7.46. The van der Waals surface area contributed by atoms with Gasteiger partial charge < -0.3 is 9.47 Å². The van der Waals surface area contributed by atoms with Gasteiger partial charge in [-0.05, 0) is 63.1 Å². The first kappa shape index (κ1) is 16.1. The van der Waals surface area contributed by atoms with E-state index in [1.807, 2.05) is 57.2 Å². The molecule has 0 spiro atoms. The molecule has 0 heterocycles. The SMILES string of the molecule is CCOC(=O)c1ccc(-c2ccc(OC(C)(C)C)cc2)cc1. The molecule has 0 amide bonds. The Morgan fingerprint density at radius 3 is 1.86 bits per heavy atom. The molecule has 0 fully saturated rings. The number of benzene rings is 2. The van der Waals surface area contributed by atoms with E-state index in [1.54, 1.807) is 19.1 Å². The van der Waals surface area contributed by atoms with Crippen molar-refractivity contribution in [3.05, 3.63) is 54.1 Å². The molecule has 3 heteroatoms. The zero-order valence-electron chi connectivity index (χ0n) is 13.6. The predicted molar refractivity (Wildman–Crippen MR) is 88.2 cm³/mol. The fraction of sp³-hybridized carbons (Fsp3) is 0.316. The standard InChI is InChI=1S/C19H22O3/c1-5-21-18(20)16-8-6-14(7-9-16)15-10-12-17(13-11-15)22-19(2,3)4/h6-13H,5H2,1-4H3. The molecule has 0 unspecified atom stereocenters. The van der Waals surface area contributed by atoms with E-state index in [1.165, 1.54) is 0 Å². The third-order valence-electron chi connectivity index (χ3n) is 3.01. The van der Waals surface area contributed by atoms with Crippen LogP contribution in [0.4, 0.5) is 0 Å². The lowest BCUT2D eigenvalue weighted by atomic mass is 10.0. The van der Waals surface area contributed by atoms with Crippen LogP contribution in [0.1, 0.15) is 38.1 Å². The van der Waals surface area contributed by atoms with E-state index < -0.39 is 0 Å². The minimum absolute atomic E-state index is 0.206. The first-order valence-electron chi connectivity index (χ1n) is 7.46. The van der Waals surface area contributed by atoms with Gasteiger partial charge in [-0.2, -0.15) is 0 Å². The Hall–Kier alpha value is -2.29. The van der Waals surface area contributed by atoms with Crippen LogP contribution in [0.3, 0.4) is 0 Å². The number of hydrogen-bond donors (Lipinski definition) is 0. The van der Waals surface area contributed by atoms with Crippen molar-refractivity contribution in [3.63, 3.8) is 0 Å². The number of carbonyl (C=O) groups excluding carboxylic acids is 1. The van der Waals surface area contributed by atoms with Crippen molar-refractivity contribution in [3.8, 4) is 16.9 Å². The third kappa shape index (κ3) is 4.35. The van der Waals surface area contributed by atoms with Gasteiger partial charge in [0.1, 0.15) is 11.4 Å². The van der Waals surface area contributed by atoms with Gasteiger partial charge in [0.05, 0.1) is 12.2 Å². The van der Waals surface area contributed by atoms with Gasteiger partial charge >= 0.3 is 5.97 Å². The maximum atomic E-state index is 11.6. The normalized spacial score (nSPS) is 11.1. The summed E-state index contributed by atoms with van der Waals surface area (Å²) < 4.78 is 10.8. The van der Waals surface area contributed by atoms with Crippen LogP contribution in [0.5, 0.6) is 5.75 Å². The average molecular weight is 298 g/mol. The molecule has 0 atom stereocenters. The molecule has 22 heavy (non-hydrogen) atoms. The zero-order valence-corrected chi connectivity index (χ0v) is 13.6. The number of esters is 1. The van der Waals surface area contributed by atoms with E-state index in [0.717, 1.165) is 16.9 Å². The minimum Gasteiger partial charge on any atom is -0.488 e. The Kier molecular flexibility index (Phi) is 4.86. The van der Waals surface area contributed by atoms with Crippen LogP contribution in [-0.2, 0) is 4.74 Å². The van der Waals surface area contributed by atoms with Crippen molar-refractivity contribution in [1.82, 2.24) is 0 Å². The molecule has 0 radical (unpaired) electrons. The van der Waals surface area contributed by atoms with Gasteiger partial charge in [-0.25, -0.2) is 4.79 Å². The molecule has 116 valence electrons. The molecule has 2 aromatic rings. The highest BCUT2D eigenvalue weighted by atomic mass is 16.5. The molecule has 0 aliphatic carbocycles. The molecular formula is C19H22O3. The van der Waals surface area contributed by atoms with E-state index in [4.69, 9.17) is 9.47 Å². The third-order valence-corrected chi connectivity index (χ3v) is 3.01. The molecule has 0 bridgehead atoms. The summed E-state index contributed by atoms with van der Waals surface area (Å²) in [5.41, 5.74) is 2.49. The van der Waals surface area contributed by atoms with Crippen LogP contribution < -0.4 is 4.74 Å². The topological polar surface area (TPSA) is 35.5 Å². The van der Waals surface area contributed by atoms with Crippen molar-refractivity contribution in [2.24, 2.45) is 0 Å². The summed E-state index contributed by atoms with van der Waals surface area (Å²) in [4.78, 5) is 11.6. The summed E-state index contributed by atoms with van der Waals surface area (Å²) in [6.45, 7) is 8.25. The average Bonchev–Trinajstić information content (AvgIpc) is 2.47. The van der Waals surface area contributed by atoms with Crippen LogP contribution in [-0.4, -0.2) is 18.2 Å². The molecule has 0 aliphatic rings. The van der Waals surface area contributed by atoms with Crippen LogP contribution >= 0.6 is 0 Å². The molecule has 0 aromatic heterocycles. The Balaban J connectivity index is 2.13. The van der Waals surface area contributed by atoms with E-state index in [2.05, 4.69) is 0 Å². The highest BCUT2D eigenvalue weighted by Crippen LogP contribution is 2.25. The predicted octanol–water partition coefficient (Wildman–Crippen LogP) is 4.71. The van der Waals surface area contributed by atoms with E-state index in [-0.39, 0.29) is 11.6 Å². The molecular weight excluding hydrogens is 276 g/mol. The van der Waals surface area contributed by atoms with Gasteiger partial charge in [0, 0.05) is 0 Å². The van der Waals surface area contributed by atoms with E-state index >= 15 is 0 Å². The van der Waals surface area contributed by atoms with Crippen LogP contribution in [0, 0.1) is 0 Å². The number of hydrogen-bond acceptors (Lipinski definition) is 3. The highest BCUT2D eigenvalue weighted by Gasteiger charge is 2.11. The summed E-state index contributed by atoms with van der Waals surface area (Å²) in [5.74, 6) is 0.558. The fourth-order valence-corrected chi connectivity index (χ4v) is 2.08. The van der Waals surface area contributed by atoms with E-state index in [0.29, 0.717) is 12.2 Å². The van der Waals surface area contributed by atoms with Gasteiger partial charge in [0.15, 0.2) is 0 Å². The van der Waals surface area contributed by atoms with Crippen molar-refractivity contribution < 1.29 is 14.3 Å². The summed E-state index contributed by atoms with van der Waals surface area (Å²) in [6, 6.07) is 15.4. The quantitative estimate of drug-likeness (QED) is 0.767. The molecule has 2 rings (SSSR count). The lowest BCUT2D eigenvalue weighted by Gasteiger charge is -2.21. The number of rotatable bonds is 4. The van der Waals surface area contributed by atoms with Crippen molar-refractivity contribution in [2.75, 3.05) is 6.61 Å². The first-order chi connectivity index (χ1) is 10.4. The van der Waals surface area contributed by atoms with E-state index in [9.17, 15) is 4.79 Å². The second kappa shape index (κ2) is 6.65. The molecule has 0 saturated heterocycles. The summed E-state index contributed by atoms with van der Waals surface area (Å²) >= 11 is 0. The smallest absolute Gasteiger partial charge is 0.338 e. The van der Waals surface area contributed by atoms with Gasteiger partial charge in [-0.3, -0.25) is 0 Å². The lowest BCUT2D eigenvalue weighted by Crippen LogP contribution is -2.22. The van der Waals surface area contributed by atoms with Crippen LogP contribution in [0.25, 0.3) is 11.1 Å². The fourth-order valence-electron chi connectivity index (χ4n) is 2.08. The lowest BCUT2D eigenvalue weighted by molar-refractivity contribution is 0.0526. The number of carbonyl (C=O) groups is 1. The maximum absolute atomic E-state index is 11.6. The van der Waals surface area contributed by atoms with Crippen LogP contribution in [0.15, 0.2) is 48.5 Å². The van der Waals surface area contributed by atoms with Crippen molar-refractivity contribution in [2.45, 2.75) is 33.3 Å². The molecule has 2 aromatic carbocycles. The Labute approximate surface area is 131 Å². The zero-order chi connectivity index (χ0) is 16.2. The second-order valence-corrected chi connectivity index (χ2v) is 6.04. The largest absolute Gasteiger partial charge is 0.488 e. The Morgan fingerprint density at radius 1 is 0.909 bits per heavy atom.